The predicted octanol–water partition coefficient (Wildman–Crippen LogP) is 4.32. The number of hydrogen-bond acceptors (Lipinski definition) is 2. The van der Waals surface area contributed by atoms with Gasteiger partial charge in [-0.3, -0.25) is 0 Å². The van der Waals surface area contributed by atoms with Crippen molar-refractivity contribution in [3.05, 3.63) is 59.4 Å². The molecule has 2 aromatic carbocycles. The van der Waals surface area contributed by atoms with Gasteiger partial charge in [-0.1, -0.05) is 19.1 Å². The van der Waals surface area contributed by atoms with E-state index in [0.717, 1.165) is 36.4 Å². The summed E-state index contributed by atoms with van der Waals surface area (Å²) >= 11 is 0. The van der Waals surface area contributed by atoms with Crippen molar-refractivity contribution >= 4 is 5.69 Å². The van der Waals surface area contributed by atoms with Crippen molar-refractivity contribution in [2.75, 3.05) is 11.9 Å². The van der Waals surface area contributed by atoms with Crippen molar-refractivity contribution in [3.63, 3.8) is 0 Å². The van der Waals surface area contributed by atoms with Crippen LogP contribution in [0.15, 0.2) is 42.5 Å². The predicted molar refractivity (Wildman–Crippen MR) is 78.7 cm³/mol. The molecule has 2 nitrogen and oxygen atoms in total. The highest BCUT2D eigenvalue weighted by molar-refractivity contribution is 5.53. The minimum absolute atomic E-state index is 0.191. The number of fused-ring (bicyclic) bond motifs is 1. The average molecular weight is 271 g/mol. The molecular weight excluding hydrogens is 253 g/mol. The van der Waals surface area contributed by atoms with E-state index < -0.39 is 0 Å². The molecule has 0 bridgehead atoms. The van der Waals surface area contributed by atoms with E-state index >= 15 is 0 Å². The fourth-order valence-corrected chi connectivity index (χ4v) is 2.59. The lowest BCUT2D eigenvalue weighted by molar-refractivity contribution is 0.357. The van der Waals surface area contributed by atoms with Crippen LogP contribution in [0.1, 0.15) is 30.5 Å². The molecule has 0 spiro atoms. The fraction of sp³-hybridized carbons (Fsp3) is 0.294. The summed E-state index contributed by atoms with van der Waals surface area (Å²) < 4.78 is 18.5. The van der Waals surface area contributed by atoms with Crippen LogP contribution < -0.4 is 10.1 Å². The maximum atomic E-state index is 13.0. The Kier molecular flexibility index (Phi) is 3.59. The van der Waals surface area contributed by atoms with Crippen LogP contribution in [0.25, 0.3) is 0 Å². The van der Waals surface area contributed by atoms with Crippen LogP contribution in [0.4, 0.5) is 10.1 Å². The van der Waals surface area contributed by atoms with Crippen LogP contribution in [0.5, 0.6) is 5.75 Å². The molecule has 1 unspecified atom stereocenters. The monoisotopic (exact) mass is 271 g/mol. The van der Waals surface area contributed by atoms with E-state index in [1.54, 1.807) is 0 Å². The molecule has 1 N–H and O–H groups in total. The van der Waals surface area contributed by atoms with Crippen LogP contribution in [0.2, 0.25) is 0 Å². The van der Waals surface area contributed by atoms with Crippen molar-refractivity contribution in [3.8, 4) is 5.75 Å². The van der Waals surface area contributed by atoms with Gasteiger partial charge in [0.05, 0.1) is 12.6 Å². The van der Waals surface area contributed by atoms with E-state index in [9.17, 15) is 4.39 Å². The lowest BCUT2D eigenvalue weighted by Crippen LogP contribution is -2.09. The molecule has 0 aromatic heterocycles. The first-order valence-electron chi connectivity index (χ1n) is 7.04. The van der Waals surface area contributed by atoms with E-state index in [1.165, 1.54) is 17.7 Å². The molecule has 1 atom stereocenters. The van der Waals surface area contributed by atoms with Crippen LogP contribution in [-0.4, -0.2) is 6.61 Å². The standard InChI is InChI=1S/C17H18FNO/c1-2-16(12-3-5-14(18)6-4-12)19-15-7-8-17-13(11-15)9-10-20-17/h3-8,11,16,19H,2,9-10H2,1H3. The first kappa shape index (κ1) is 13.0. The number of ether oxygens (including phenoxy) is 1. The zero-order valence-electron chi connectivity index (χ0n) is 11.5. The van der Waals surface area contributed by atoms with Gasteiger partial charge in [0.15, 0.2) is 0 Å². The molecule has 0 saturated heterocycles. The number of benzene rings is 2. The molecule has 0 fully saturated rings. The minimum atomic E-state index is -0.196. The second kappa shape index (κ2) is 5.53. The van der Waals surface area contributed by atoms with Crippen molar-refractivity contribution < 1.29 is 9.13 Å². The first-order valence-corrected chi connectivity index (χ1v) is 7.04. The normalized spacial score (nSPS) is 14.5. The van der Waals surface area contributed by atoms with Crippen LogP contribution in [0, 0.1) is 5.82 Å². The van der Waals surface area contributed by atoms with Gasteiger partial charge in [0, 0.05) is 12.1 Å². The highest BCUT2D eigenvalue weighted by Gasteiger charge is 2.14. The molecule has 1 aliphatic rings. The third-order valence-electron chi connectivity index (χ3n) is 3.71. The molecule has 20 heavy (non-hydrogen) atoms. The maximum Gasteiger partial charge on any atom is 0.123 e. The third kappa shape index (κ3) is 2.62. The number of anilines is 1. The zero-order chi connectivity index (χ0) is 13.9. The molecule has 2 aromatic rings. The Morgan fingerprint density at radius 3 is 2.75 bits per heavy atom. The van der Waals surface area contributed by atoms with Gasteiger partial charge >= 0.3 is 0 Å². The van der Waals surface area contributed by atoms with Gasteiger partial charge < -0.3 is 10.1 Å². The first-order chi connectivity index (χ1) is 9.76. The Labute approximate surface area is 118 Å². The van der Waals surface area contributed by atoms with Gasteiger partial charge in [0.1, 0.15) is 11.6 Å². The summed E-state index contributed by atoms with van der Waals surface area (Å²) in [6.45, 7) is 2.89. The summed E-state index contributed by atoms with van der Waals surface area (Å²) in [5.41, 5.74) is 3.44. The average Bonchev–Trinajstić information content (AvgIpc) is 2.93. The Hall–Kier alpha value is -2.03. The summed E-state index contributed by atoms with van der Waals surface area (Å²) in [5, 5.41) is 3.52. The van der Waals surface area contributed by atoms with Crippen molar-refractivity contribution in [1.82, 2.24) is 0 Å². The van der Waals surface area contributed by atoms with E-state index in [4.69, 9.17) is 4.74 Å². The second-order valence-corrected chi connectivity index (χ2v) is 5.08. The molecule has 1 heterocycles. The zero-order valence-corrected chi connectivity index (χ0v) is 11.5. The summed E-state index contributed by atoms with van der Waals surface area (Å²) in [6.07, 6.45) is 1.91. The van der Waals surface area contributed by atoms with Crippen molar-refractivity contribution in [2.24, 2.45) is 0 Å². The Balaban J connectivity index is 1.79. The topological polar surface area (TPSA) is 21.3 Å². The van der Waals surface area contributed by atoms with E-state index in [1.807, 2.05) is 24.3 Å². The fourth-order valence-electron chi connectivity index (χ4n) is 2.59. The smallest absolute Gasteiger partial charge is 0.123 e. The van der Waals surface area contributed by atoms with Crippen molar-refractivity contribution in [1.29, 1.82) is 0 Å². The number of nitrogens with one attached hydrogen (secondary N) is 1. The van der Waals surface area contributed by atoms with Gasteiger partial charge in [0.25, 0.3) is 0 Å². The van der Waals surface area contributed by atoms with Gasteiger partial charge in [-0.2, -0.15) is 0 Å². The van der Waals surface area contributed by atoms with Gasteiger partial charge in [0.2, 0.25) is 0 Å². The van der Waals surface area contributed by atoms with E-state index in [-0.39, 0.29) is 11.9 Å². The number of hydrogen-bond donors (Lipinski definition) is 1. The summed E-state index contributed by atoms with van der Waals surface area (Å²) in [5.74, 6) is 0.795. The molecule has 3 rings (SSSR count). The second-order valence-electron chi connectivity index (χ2n) is 5.08. The lowest BCUT2D eigenvalue weighted by Gasteiger charge is -2.19. The lowest BCUT2D eigenvalue weighted by atomic mass is 10.0. The number of halogens is 1. The van der Waals surface area contributed by atoms with E-state index in [0.29, 0.717) is 0 Å². The summed E-state index contributed by atoms with van der Waals surface area (Å²) in [7, 11) is 0. The maximum absolute atomic E-state index is 13.0. The highest BCUT2D eigenvalue weighted by Crippen LogP contribution is 2.30. The molecule has 0 saturated carbocycles. The van der Waals surface area contributed by atoms with Crippen LogP contribution in [0.3, 0.4) is 0 Å². The molecule has 104 valence electrons. The third-order valence-corrected chi connectivity index (χ3v) is 3.71. The van der Waals surface area contributed by atoms with Gasteiger partial charge in [-0.25, -0.2) is 4.39 Å². The van der Waals surface area contributed by atoms with Gasteiger partial charge in [-0.15, -0.1) is 0 Å². The van der Waals surface area contributed by atoms with Crippen LogP contribution >= 0.6 is 0 Å². The highest BCUT2D eigenvalue weighted by atomic mass is 19.1. The molecule has 3 heteroatoms. The largest absolute Gasteiger partial charge is 0.493 e. The molecular formula is C17H18FNO. The quantitative estimate of drug-likeness (QED) is 0.894. The summed E-state index contributed by atoms with van der Waals surface area (Å²) in [4.78, 5) is 0. The van der Waals surface area contributed by atoms with Crippen LogP contribution in [-0.2, 0) is 6.42 Å². The molecule has 0 amide bonds. The SMILES string of the molecule is CCC(Nc1ccc2c(c1)CCO2)c1ccc(F)cc1. The van der Waals surface area contributed by atoms with Gasteiger partial charge in [-0.05, 0) is 47.9 Å². The van der Waals surface area contributed by atoms with Crippen molar-refractivity contribution in [2.45, 2.75) is 25.8 Å². The minimum Gasteiger partial charge on any atom is -0.493 e. The number of rotatable bonds is 4. The molecule has 1 aliphatic heterocycles. The summed E-state index contributed by atoms with van der Waals surface area (Å²) in [6, 6.07) is 13.1. The molecule has 0 aliphatic carbocycles. The van der Waals surface area contributed by atoms with E-state index in [2.05, 4.69) is 18.3 Å². The Morgan fingerprint density at radius 1 is 1.20 bits per heavy atom. The Bertz CT molecular complexity index is 594. The molecule has 0 radical (unpaired) electrons. The Morgan fingerprint density at radius 2 is 2.00 bits per heavy atom.